The van der Waals surface area contributed by atoms with Gasteiger partial charge in [-0.2, -0.15) is 0 Å². The Morgan fingerprint density at radius 3 is 2.22 bits per heavy atom. The Morgan fingerprint density at radius 1 is 1.00 bits per heavy atom. The van der Waals surface area contributed by atoms with Crippen LogP contribution in [-0.2, 0) is 37.7 Å². The van der Waals surface area contributed by atoms with Gasteiger partial charge in [-0.3, -0.25) is 9.78 Å². The SMILES string of the molecule is CCC(CC)C(=O)/C=C(\O)C(C)(CC)CC.[2H]c1nc2c3c(cc(CC(C)(C)C)cc3c1[2H])Sc1c-2[c-]c2ccc(C([2H])([2H])[2H])cc2c1CC(C)(C)C.[Ir]. The molecule has 0 spiro atoms. The number of carbonyl (C=O) groups is 1. The molecule has 0 saturated carbocycles. The number of ketones is 1. The van der Waals surface area contributed by atoms with Crippen LogP contribution in [0.5, 0.6) is 0 Å². The Hall–Kier alpha value is -2.46. The maximum absolute atomic E-state index is 11.9. The largest absolute Gasteiger partial charge is 0.512 e. The number of nitrogens with zero attached hydrogens (tertiary/aromatic N) is 1. The molecule has 1 aliphatic heterocycles. The molecular weight excluding hydrogens is 799 g/mol. The van der Waals surface area contributed by atoms with Crippen LogP contribution in [0.4, 0.5) is 0 Å². The van der Waals surface area contributed by atoms with Crippen LogP contribution < -0.4 is 0 Å². The molecule has 1 aromatic heterocycles. The monoisotopic (exact) mass is 862 g/mol. The zero-order valence-corrected chi connectivity index (χ0v) is 34.5. The van der Waals surface area contributed by atoms with Gasteiger partial charge in [-0.1, -0.05) is 116 Å². The van der Waals surface area contributed by atoms with Crippen LogP contribution in [0, 0.1) is 35.1 Å². The number of aryl methyl sites for hydroxylation is 1. The van der Waals surface area contributed by atoms with E-state index >= 15 is 0 Å². The summed E-state index contributed by atoms with van der Waals surface area (Å²) in [4.78, 5) is 18.5. The summed E-state index contributed by atoms with van der Waals surface area (Å²) < 4.78 is 41.1. The fourth-order valence-electron chi connectivity index (χ4n) is 6.38. The van der Waals surface area contributed by atoms with Gasteiger partial charge in [0.05, 0.1) is 2.74 Å². The van der Waals surface area contributed by atoms with Crippen LogP contribution in [0.1, 0.15) is 125 Å². The van der Waals surface area contributed by atoms with E-state index in [1.54, 1.807) is 23.9 Å². The van der Waals surface area contributed by atoms with Gasteiger partial charge < -0.3 is 5.11 Å². The third kappa shape index (κ3) is 9.66. The molecular formula is C44H58IrNO2S-. The minimum atomic E-state index is -2.19. The Kier molecular flexibility index (Phi) is 11.2. The minimum Gasteiger partial charge on any atom is -0.512 e. The second-order valence-corrected chi connectivity index (χ2v) is 17.1. The molecule has 1 radical (unpaired) electrons. The molecule has 49 heavy (non-hydrogen) atoms. The smallest absolute Gasteiger partial charge is 0.162 e. The number of benzene rings is 3. The van der Waals surface area contributed by atoms with Crippen molar-refractivity contribution >= 4 is 39.1 Å². The summed E-state index contributed by atoms with van der Waals surface area (Å²) in [6.07, 6.45) is 6.40. The zero-order chi connectivity index (χ0) is 39.8. The van der Waals surface area contributed by atoms with Gasteiger partial charge in [0.2, 0.25) is 0 Å². The van der Waals surface area contributed by atoms with Crippen molar-refractivity contribution < 1.29 is 36.9 Å². The van der Waals surface area contributed by atoms with Gasteiger partial charge >= 0.3 is 0 Å². The second kappa shape index (κ2) is 16.3. The molecule has 3 aromatic carbocycles. The number of rotatable bonds is 9. The van der Waals surface area contributed by atoms with E-state index in [0.717, 1.165) is 86.6 Å². The number of allylic oxidation sites excluding steroid dienone is 2. The van der Waals surface area contributed by atoms with Crippen molar-refractivity contribution in [3.8, 4) is 11.3 Å². The predicted molar refractivity (Wildman–Crippen MR) is 207 cm³/mol. The summed E-state index contributed by atoms with van der Waals surface area (Å²) in [6, 6.07) is 13.3. The number of hydrogen-bond donors (Lipinski definition) is 1. The number of fused-ring (bicyclic) bond motifs is 3. The molecule has 0 atom stereocenters. The Balaban J connectivity index is 0.000000393. The number of pyridine rings is 1. The summed E-state index contributed by atoms with van der Waals surface area (Å²) in [7, 11) is 0. The van der Waals surface area contributed by atoms with Crippen LogP contribution in [0.3, 0.4) is 0 Å². The molecule has 0 amide bonds. The molecule has 4 aromatic rings. The van der Waals surface area contributed by atoms with E-state index in [1.165, 1.54) is 6.08 Å². The first-order chi connectivity index (χ1) is 24.5. The van der Waals surface area contributed by atoms with Crippen LogP contribution >= 0.6 is 11.8 Å². The van der Waals surface area contributed by atoms with E-state index in [9.17, 15) is 9.90 Å². The van der Waals surface area contributed by atoms with E-state index in [4.69, 9.17) is 6.85 Å². The third-order valence-electron chi connectivity index (χ3n) is 9.60. The van der Waals surface area contributed by atoms with Crippen LogP contribution in [-0.4, -0.2) is 15.9 Å². The Labute approximate surface area is 321 Å². The van der Waals surface area contributed by atoms with Crippen LogP contribution in [0.25, 0.3) is 32.8 Å². The molecule has 2 heterocycles. The van der Waals surface area contributed by atoms with Gasteiger partial charge in [-0.05, 0) is 89.5 Å². The summed E-state index contributed by atoms with van der Waals surface area (Å²) >= 11 is 1.67. The number of carbonyl (C=O) groups excluding carboxylic acids is 1. The first-order valence-electron chi connectivity index (χ1n) is 20.1. The van der Waals surface area contributed by atoms with Crippen molar-refractivity contribution in [3.05, 3.63) is 77.1 Å². The molecule has 0 fully saturated rings. The zero-order valence-electron chi connectivity index (χ0n) is 36.3. The quantitative estimate of drug-likeness (QED) is 0.0911. The van der Waals surface area contributed by atoms with Gasteiger partial charge in [-0.25, -0.2) is 0 Å². The first-order valence-corrected chi connectivity index (χ1v) is 18.4. The van der Waals surface area contributed by atoms with Crippen molar-refractivity contribution in [2.75, 3.05) is 0 Å². The van der Waals surface area contributed by atoms with E-state index in [-0.39, 0.29) is 66.0 Å². The van der Waals surface area contributed by atoms with Gasteiger partial charge in [0, 0.05) is 58.4 Å². The van der Waals surface area contributed by atoms with E-state index in [0.29, 0.717) is 11.3 Å². The molecule has 0 bridgehead atoms. The third-order valence-corrected chi connectivity index (χ3v) is 10.8. The Bertz CT molecular complexity index is 2030. The van der Waals surface area contributed by atoms with Crippen molar-refractivity contribution in [1.29, 1.82) is 0 Å². The minimum absolute atomic E-state index is 0. The molecule has 0 aliphatic carbocycles. The molecule has 3 nitrogen and oxygen atoms in total. The van der Waals surface area contributed by atoms with Crippen molar-refractivity contribution in [1.82, 2.24) is 4.98 Å². The van der Waals surface area contributed by atoms with Gasteiger partial charge in [0.1, 0.15) is 5.76 Å². The predicted octanol–water partition coefficient (Wildman–Crippen LogP) is 13.1. The second-order valence-electron chi connectivity index (χ2n) is 16.1. The molecule has 0 unspecified atom stereocenters. The standard InChI is InChI=1S/C30H32NS.C14H26O2.Ir/c1-18-8-9-20-15-23-27-26-21(10-11-31-27)13-19(16-29(2,3)4)14-25(26)32-28(23)24(22(20)12-18)17-30(5,6)7;1-6-11(7-2)12(15)10-13(16)14(5,8-3)9-4;/h8-14H,16-17H2,1-7H3;10-11,16H,6-9H2,1-5H3;/q-1;;/b;13-10-;/i1D3,10D,11D;;. The van der Waals surface area contributed by atoms with Crippen molar-refractivity contribution in [2.45, 2.75) is 131 Å². The van der Waals surface area contributed by atoms with Gasteiger partial charge in [-0.15, -0.1) is 29.3 Å². The normalized spacial score (nSPS) is 14.9. The average molecular weight is 862 g/mol. The summed E-state index contributed by atoms with van der Waals surface area (Å²) in [6.45, 7) is 21.1. The topological polar surface area (TPSA) is 50.2 Å². The number of aliphatic hydroxyl groups is 1. The molecule has 5 rings (SSSR count). The maximum atomic E-state index is 11.9. The molecule has 1 aliphatic rings. The van der Waals surface area contributed by atoms with Crippen molar-refractivity contribution in [3.63, 3.8) is 0 Å². The van der Waals surface area contributed by atoms with E-state index < -0.39 is 6.85 Å². The van der Waals surface area contributed by atoms with Gasteiger partial charge in [0.25, 0.3) is 0 Å². The average Bonchev–Trinajstić information content (AvgIpc) is 3.05. The molecule has 0 saturated heterocycles. The van der Waals surface area contributed by atoms with E-state index in [2.05, 4.69) is 64.7 Å². The number of aliphatic hydroxyl groups excluding tert-OH is 1. The van der Waals surface area contributed by atoms with Gasteiger partial charge in [0.15, 0.2) is 5.78 Å². The first kappa shape index (κ1) is 33.7. The summed E-state index contributed by atoms with van der Waals surface area (Å²) in [5.41, 5.74) is 3.88. The molecule has 1 N–H and O–H groups in total. The number of aromatic nitrogens is 1. The molecule has 5 heteroatoms. The van der Waals surface area contributed by atoms with Crippen LogP contribution in [0.2, 0.25) is 0 Å². The maximum Gasteiger partial charge on any atom is 0.162 e. The summed E-state index contributed by atoms with van der Waals surface area (Å²) in [5.74, 6) is 0.366. The fraction of sp³-hybridized carbons (Fsp3) is 0.500. The molecule has 267 valence electrons. The van der Waals surface area contributed by atoms with E-state index in [1.807, 2.05) is 40.7 Å². The summed E-state index contributed by atoms with van der Waals surface area (Å²) in [5, 5.41) is 13.4. The van der Waals surface area contributed by atoms with Crippen molar-refractivity contribution in [2.24, 2.45) is 22.2 Å². The number of hydrogen-bond acceptors (Lipinski definition) is 4. The Morgan fingerprint density at radius 2 is 1.65 bits per heavy atom. The fourth-order valence-corrected chi connectivity index (χ4v) is 7.68. The van der Waals surface area contributed by atoms with Crippen LogP contribution in [0.15, 0.2) is 64.2 Å².